The molecule has 0 saturated carbocycles. The molecular formula is C13H16ClNO2. The summed E-state index contributed by atoms with van der Waals surface area (Å²) in [7, 11) is 0. The van der Waals surface area contributed by atoms with E-state index in [4.69, 9.17) is 22.1 Å². The molecule has 1 aliphatic heterocycles. The molecule has 0 radical (unpaired) electrons. The fourth-order valence-electron chi connectivity index (χ4n) is 2.01. The van der Waals surface area contributed by atoms with Gasteiger partial charge in [0.2, 0.25) is 0 Å². The van der Waals surface area contributed by atoms with Gasteiger partial charge in [0, 0.05) is 18.6 Å². The Bertz CT molecular complexity index is 414. The fraction of sp³-hybridized carbons (Fsp3) is 0.462. The molecule has 2 N–H and O–H groups in total. The second-order valence-electron chi connectivity index (χ2n) is 4.33. The first-order valence-corrected chi connectivity index (χ1v) is 6.24. The molecule has 1 saturated heterocycles. The first-order chi connectivity index (χ1) is 8.16. The molecule has 2 rings (SSSR count). The van der Waals surface area contributed by atoms with Crippen LogP contribution < -0.4 is 5.73 Å². The normalized spacial score (nSPS) is 19.5. The van der Waals surface area contributed by atoms with Crippen molar-refractivity contribution in [2.24, 2.45) is 0 Å². The van der Waals surface area contributed by atoms with Crippen LogP contribution in [0.25, 0.3) is 0 Å². The van der Waals surface area contributed by atoms with Crippen LogP contribution in [0.15, 0.2) is 18.2 Å². The summed E-state index contributed by atoms with van der Waals surface area (Å²) in [5.74, 6) is 0.0994. The molecule has 17 heavy (non-hydrogen) atoms. The Morgan fingerprint density at radius 1 is 1.53 bits per heavy atom. The standard InChI is InChI=1S/C13H16ClNO2/c14-11-8-9(3-5-12(11)15)13(16)6-4-10-2-1-7-17-10/h3,5,8,10H,1-2,4,6-7,15H2. The lowest BCUT2D eigenvalue weighted by molar-refractivity contribution is 0.0859. The topological polar surface area (TPSA) is 52.3 Å². The van der Waals surface area contributed by atoms with Crippen molar-refractivity contribution in [3.63, 3.8) is 0 Å². The Labute approximate surface area is 106 Å². The Balaban J connectivity index is 1.92. The summed E-state index contributed by atoms with van der Waals surface area (Å²) in [5, 5.41) is 0.438. The van der Waals surface area contributed by atoms with Crippen LogP contribution in [0.1, 0.15) is 36.0 Å². The molecular weight excluding hydrogens is 238 g/mol. The number of carbonyl (C=O) groups is 1. The lowest BCUT2D eigenvalue weighted by atomic mass is 10.0. The van der Waals surface area contributed by atoms with Gasteiger partial charge in [0.05, 0.1) is 16.8 Å². The predicted molar refractivity (Wildman–Crippen MR) is 68.4 cm³/mol. The molecule has 1 aromatic rings. The van der Waals surface area contributed by atoms with Crippen molar-refractivity contribution in [1.82, 2.24) is 0 Å². The molecule has 1 aromatic carbocycles. The highest BCUT2D eigenvalue weighted by Crippen LogP contribution is 2.22. The number of hydrogen-bond acceptors (Lipinski definition) is 3. The van der Waals surface area contributed by atoms with Gasteiger partial charge in [0.25, 0.3) is 0 Å². The molecule has 4 heteroatoms. The number of ketones is 1. The molecule has 1 unspecified atom stereocenters. The molecule has 92 valence electrons. The van der Waals surface area contributed by atoms with E-state index in [1.54, 1.807) is 18.2 Å². The minimum atomic E-state index is 0.0994. The summed E-state index contributed by atoms with van der Waals surface area (Å²) in [5.41, 5.74) is 6.73. The van der Waals surface area contributed by atoms with Gasteiger partial charge >= 0.3 is 0 Å². The van der Waals surface area contributed by atoms with E-state index in [0.29, 0.717) is 22.7 Å². The van der Waals surface area contributed by atoms with E-state index < -0.39 is 0 Å². The van der Waals surface area contributed by atoms with Crippen molar-refractivity contribution < 1.29 is 9.53 Å². The van der Waals surface area contributed by atoms with E-state index in [1.165, 1.54) is 0 Å². The van der Waals surface area contributed by atoms with E-state index in [-0.39, 0.29) is 11.9 Å². The van der Waals surface area contributed by atoms with Crippen molar-refractivity contribution in [3.05, 3.63) is 28.8 Å². The van der Waals surface area contributed by atoms with E-state index in [9.17, 15) is 4.79 Å². The van der Waals surface area contributed by atoms with Gasteiger partial charge in [-0.15, -0.1) is 0 Å². The number of Topliss-reactive ketones (excluding diaryl/α,β-unsaturated/α-hetero) is 1. The van der Waals surface area contributed by atoms with Gasteiger partial charge < -0.3 is 10.5 Å². The highest BCUT2D eigenvalue weighted by molar-refractivity contribution is 6.33. The van der Waals surface area contributed by atoms with Gasteiger partial charge in [0.1, 0.15) is 0 Å². The Morgan fingerprint density at radius 2 is 2.35 bits per heavy atom. The number of hydrogen-bond donors (Lipinski definition) is 1. The third kappa shape index (κ3) is 3.20. The molecule has 1 heterocycles. The van der Waals surface area contributed by atoms with Gasteiger partial charge in [0.15, 0.2) is 5.78 Å². The van der Waals surface area contributed by atoms with E-state index in [2.05, 4.69) is 0 Å². The van der Waals surface area contributed by atoms with Gasteiger partial charge in [-0.2, -0.15) is 0 Å². The van der Waals surface area contributed by atoms with Gasteiger partial charge in [-0.1, -0.05) is 11.6 Å². The molecule has 0 aliphatic carbocycles. The number of carbonyl (C=O) groups excluding carboxylic acids is 1. The summed E-state index contributed by atoms with van der Waals surface area (Å²) in [6.45, 7) is 0.826. The van der Waals surface area contributed by atoms with Crippen molar-refractivity contribution >= 4 is 23.1 Å². The quantitative estimate of drug-likeness (QED) is 0.663. The van der Waals surface area contributed by atoms with Gasteiger partial charge in [-0.25, -0.2) is 0 Å². The summed E-state index contributed by atoms with van der Waals surface area (Å²) in [4.78, 5) is 11.9. The van der Waals surface area contributed by atoms with Crippen LogP contribution in [0.5, 0.6) is 0 Å². The zero-order chi connectivity index (χ0) is 12.3. The van der Waals surface area contributed by atoms with Crippen LogP contribution in [0.4, 0.5) is 5.69 Å². The second kappa shape index (κ2) is 5.52. The molecule has 1 atom stereocenters. The third-order valence-electron chi connectivity index (χ3n) is 3.04. The smallest absolute Gasteiger partial charge is 0.163 e. The summed E-state index contributed by atoms with van der Waals surface area (Å²) in [6.07, 6.45) is 3.72. The SMILES string of the molecule is Nc1ccc(C(=O)CCC2CCCO2)cc1Cl. The summed E-state index contributed by atoms with van der Waals surface area (Å²) in [6, 6.07) is 5.02. The largest absolute Gasteiger partial charge is 0.398 e. The Hall–Kier alpha value is -1.06. The Kier molecular flexibility index (Phi) is 4.02. The number of rotatable bonds is 4. The lowest BCUT2D eigenvalue weighted by Gasteiger charge is -2.08. The molecule has 0 bridgehead atoms. The average Bonchev–Trinajstić information content (AvgIpc) is 2.82. The van der Waals surface area contributed by atoms with Crippen LogP contribution in [0.2, 0.25) is 5.02 Å². The monoisotopic (exact) mass is 253 g/mol. The van der Waals surface area contributed by atoms with E-state index >= 15 is 0 Å². The fourth-order valence-corrected chi connectivity index (χ4v) is 2.19. The number of benzene rings is 1. The van der Waals surface area contributed by atoms with E-state index in [1.807, 2.05) is 0 Å². The highest BCUT2D eigenvalue weighted by atomic mass is 35.5. The summed E-state index contributed by atoms with van der Waals surface area (Å²) >= 11 is 5.88. The van der Waals surface area contributed by atoms with Crippen molar-refractivity contribution in [2.45, 2.75) is 31.8 Å². The summed E-state index contributed by atoms with van der Waals surface area (Å²) < 4.78 is 5.48. The number of anilines is 1. The molecule has 1 aliphatic rings. The van der Waals surface area contributed by atoms with Crippen LogP contribution in [-0.4, -0.2) is 18.5 Å². The third-order valence-corrected chi connectivity index (χ3v) is 3.37. The first-order valence-electron chi connectivity index (χ1n) is 5.86. The number of halogens is 1. The maximum Gasteiger partial charge on any atom is 0.163 e. The van der Waals surface area contributed by atoms with Crippen LogP contribution in [-0.2, 0) is 4.74 Å². The van der Waals surface area contributed by atoms with Crippen LogP contribution >= 0.6 is 11.6 Å². The van der Waals surface area contributed by atoms with Crippen LogP contribution in [0, 0.1) is 0 Å². The average molecular weight is 254 g/mol. The maximum absolute atomic E-state index is 11.9. The zero-order valence-corrected chi connectivity index (χ0v) is 10.4. The molecule has 0 aromatic heterocycles. The predicted octanol–water partition coefficient (Wildman–Crippen LogP) is 3.06. The lowest BCUT2D eigenvalue weighted by Crippen LogP contribution is -2.09. The van der Waals surface area contributed by atoms with Crippen LogP contribution in [0.3, 0.4) is 0 Å². The number of nitrogen functional groups attached to an aromatic ring is 1. The Morgan fingerprint density at radius 3 is 3.00 bits per heavy atom. The van der Waals surface area contributed by atoms with Gasteiger partial charge in [-0.05, 0) is 37.5 Å². The maximum atomic E-state index is 11.9. The first kappa shape index (κ1) is 12.4. The number of ether oxygens (including phenoxy) is 1. The zero-order valence-electron chi connectivity index (χ0n) is 9.62. The van der Waals surface area contributed by atoms with Crippen molar-refractivity contribution in [1.29, 1.82) is 0 Å². The minimum absolute atomic E-state index is 0.0994. The molecule has 1 fully saturated rings. The molecule has 3 nitrogen and oxygen atoms in total. The van der Waals surface area contributed by atoms with Crippen molar-refractivity contribution in [2.75, 3.05) is 12.3 Å². The van der Waals surface area contributed by atoms with Crippen molar-refractivity contribution in [3.8, 4) is 0 Å². The second-order valence-corrected chi connectivity index (χ2v) is 4.74. The highest BCUT2D eigenvalue weighted by Gasteiger charge is 2.17. The number of nitrogens with two attached hydrogens (primary N) is 1. The van der Waals surface area contributed by atoms with E-state index in [0.717, 1.165) is 25.9 Å². The molecule has 0 spiro atoms. The van der Waals surface area contributed by atoms with Gasteiger partial charge in [-0.3, -0.25) is 4.79 Å². The minimum Gasteiger partial charge on any atom is -0.398 e. The molecule has 0 amide bonds.